The minimum Gasteiger partial charge on any atom is -0.455 e. The van der Waals surface area contributed by atoms with Crippen LogP contribution in [0.4, 0.5) is 17.1 Å². The minimum atomic E-state index is -4.86. The van der Waals surface area contributed by atoms with Crippen LogP contribution in [0.3, 0.4) is 0 Å². The van der Waals surface area contributed by atoms with Crippen LogP contribution in [0.25, 0.3) is 27.7 Å². The SMILES string of the molecule is [2H]C1([2H])N(CC2=C(c3cccc(-c4ccc(Cl)cc4)c3Cl)CC(C)(C)CC2)C([2H])([2H])C([2H])([2H])N(c2ccc(C(=O)NS(=O)(=O)c3ccc(NCC4CCOCC4)c([N+](=O)[O-])c3)c(Oc3cnc4[nH]ccc4c3)c2)C1([2H])[2H]. The number of allylic oxidation sites excluding steroid dienone is 1. The van der Waals surface area contributed by atoms with Crippen molar-refractivity contribution in [3.63, 3.8) is 0 Å². The van der Waals surface area contributed by atoms with Crippen LogP contribution in [0.2, 0.25) is 10.0 Å². The molecule has 9 rings (SSSR count). The summed E-state index contributed by atoms with van der Waals surface area (Å²) in [6, 6.07) is 21.9. The van der Waals surface area contributed by atoms with Crippen molar-refractivity contribution >= 4 is 72.8 Å². The van der Waals surface area contributed by atoms with E-state index in [1.54, 1.807) is 24.4 Å². The summed E-state index contributed by atoms with van der Waals surface area (Å²) in [5.74, 6) is -1.65. The second kappa shape index (κ2) is 19.9. The van der Waals surface area contributed by atoms with E-state index in [1.165, 1.54) is 18.3 Å². The number of sulfonamides is 1. The zero-order valence-corrected chi connectivity index (χ0v) is 39.4. The molecule has 3 N–H and O–H groups in total. The van der Waals surface area contributed by atoms with Crippen LogP contribution in [0.15, 0.2) is 114 Å². The van der Waals surface area contributed by atoms with Crippen molar-refractivity contribution in [1.29, 1.82) is 0 Å². The molecule has 4 aromatic carbocycles. The number of anilines is 2. The number of fused-ring (bicyclic) bond motifs is 1. The van der Waals surface area contributed by atoms with E-state index in [-0.39, 0.29) is 22.8 Å². The standard InChI is InChI=1S/C51H53Cl2N7O7S/c1-51(2)18-14-36(44(29-51)42-5-3-4-41(48(42)53)34-6-8-37(52)9-7-34)32-58-20-22-59(23-21-58)38-10-12-43(47(27-38)67-39-26-35-15-19-54-49(35)56-31-39)50(61)57-68(64,65)40-11-13-45(46(28-40)60(62)63)55-30-33-16-24-66-25-17-33/h3-13,15,19,26-28,31,33,55H,14,16-18,20-25,29-30,32H2,1-2H3,(H,54,56)(H,57,61)/i20D2,21D2,22D2,23D2. The molecule has 3 aliphatic rings. The van der Waals surface area contributed by atoms with E-state index in [4.69, 9.17) is 32.7 Å². The summed E-state index contributed by atoms with van der Waals surface area (Å²) < 4.78 is 117. The lowest BCUT2D eigenvalue weighted by molar-refractivity contribution is -0.384. The maximum atomic E-state index is 14.2. The number of aromatic amines is 1. The molecule has 68 heavy (non-hydrogen) atoms. The van der Waals surface area contributed by atoms with Crippen molar-refractivity contribution in [1.82, 2.24) is 19.6 Å². The van der Waals surface area contributed by atoms with Gasteiger partial charge in [-0.3, -0.25) is 19.8 Å². The van der Waals surface area contributed by atoms with Gasteiger partial charge in [0.1, 0.15) is 22.8 Å². The lowest BCUT2D eigenvalue weighted by atomic mass is 9.72. The molecule has 1 aliphatic carbocycles. The molecular weight excluding hydrogens is 926 g/mol. The van der Waals surface area contributed by atoms with E-state index in [0.29, 0.717) is 92.2 Å². The smallest absolute Gasteiger partial charge is 0.293 e. The van der Waals surface area contributed by atoms with Crippen LogP contribution in [0, 0.1) is 21.4 Å². The van der Waals surface area contributed by atoms with Crippen molar-refractivity contribution in [3.05, 3.63) is 140 Å². The number of hydrogen-bond acceptors (Lipinski definition) is 11. The van der Waals surface area contributed by atoms with Gasteiger partial charge in [0, 0.05) is 97.8 Å². The number of hydrogen-bond donors (Lipinski definition) is 3. The number of nitrogens with zero attached hydrogens (tertiary/aromatic N) is 4. The molecule has 2 fully saturated rings. The molecule has 4 heterocycles. The third kappa shape index (κ3) is 10.7. The summed E-state index contributed by atoms with van der Waals surface area (Å²) in [4.78, 5) is 33.1. The summed E-state index contributed by atoms with van der Waals surface area (Å²) in [5.41, 5.74) is 2.04. The molecule has 0 spiro atoms. The number of halogens is 2. The molecule has 17 heteroatoms. The minimum absolute atomic E-state index is 0.0133. The molecule has 0 atom stereocenters. The molecule has 0 saturated carbocycles. The van der Waals surface area contributed by atoms with Gasteiger partial charge in [0.2, 0.25) is 0 Å². The molecule has 1 amide bonds. The first kappa shape index (κ1) is 37.9. The lowest BCUT2D eigenvalue weighted by Crippen LogP contribution is -2.47. The van der Waals surface area contributed by atoms with Crippen molar-refractivity contribution < 1.29 is 38.6 Å². The van der Waals surface area contributed by atoms with Crippen molar-refractivity contribution in [2.75, 3.05) is 62.5 Å². The number of nitro benzene ring substituents is 1. The number of nitrogens with one attached hydrogen (secondary N) is 3. The first-order chi connectivity index (χ1) is 35.7. The number of ether oxygens (including phenoxy) is 2. The normalized spacial score (nSPS) is 21.7. The number of nitro groups is 1. The maximum Gasteiger partial charge on any atom is 0.293 e. The van der Waals surface area contributed by atoms with Crippen molar-refractivity contribution in [2.24, 2.45) is 11.3 Å². The third-order valence-electron chi connectivity index (χ3n) is 12.3. The van der Waals surface area contributed by atoms with Gasteiger partial charge in [-0.25, -0.2) is 18.1 Å². The van der Waals surface area contributed by atoms with Gasteiger partial charge in [0.05, 0.1) is 32.1 Å². The van der Waals surface area contributed by atoms with E-state index in [9.17, 15) is 34.3 Å². The summed E-state index contributed by atoms with van der Waals surface area (Å²) in [7, 11) is -4.86. The van der Waals surface area contributed by atoms with Gasteiger partial charge in [-0.15, -0.1) is 0 Å². The van der Waals surface area contributed by atoms with Crippen LogP contribution < -0.4 is 19.7 Å². The van der Waals surface area contributed by atoms with Crippen LogP contribution >= 0.6 is 23.2 Å². The fourth-order valence-electron chi connectivity index (χ4n) is 8.53. The summed E-state index contributed by atoms with van der Waals surface area (Å²) >= 11 is 13.4. The van der Waals surface area contributed by atoms with E-state index in [0.717, 1.165) is 48.7 Å². The molecule has 0 radical (unpaired) electrons. The van der Waals surface area contributed by atoms with Crippen LogP contribution in [-0.4, -0.2) is 86.4 Å². The number of H-pyrrole nitrogens is 1. The fourth-order valence-corrected chi connectivity index (χ4v) is 9.99. The Balaban J connectivity index is 1.07. The predicted molar refractivity (Wildman–Crippen MR) is 267 cm³/mol. The van der Waals surface area contributed by atoms with Crippen molar-refractivity contribution in [2.45, 2.75) is 50.8 Å². The Morgan fingerprint density at radius 3 is 2.53 bits per heavy atom. The zero-order chi connectivity index (χ0) is 54.8. The number of benzene rings is 4. The predicted octanol–water partition coefficient (Wildman–Crippen LogP) is 11.0. The van der Waals surface area contributed by atoms with Gasteiger partial charge >= 0.3 is 0 Å². The summed E-state index contributed by atoms with van der Waals surface area (Å²) in [6.45, 7) is -8.29. The Bertz CT molecular complexity index is 3370. The molecule has 2 aliphatic heterocycles. The Morgan fingerprint density at radius 1 is 1.00 bits per heavy atom. The Hall–Kier alpha value is -5.97. The van der Waals surface area contributed by atoms with Gasteiger partial charge in [-0.05, 0) is 109 Å². The molecule has 2 aromatic heterocycles. The number of aromatic nitrogens is 2. The maximum absolute atomic E-state index is 14.2. The zero-order valence-electron chi connectivity index (χ0n) is 45.1. The van der Waals surface area contributed by atoms with Crippen LogP contribution in [0.1, 0.15) is 72.8 Å². The number of piperazine rings is 1. The van der Waals surface area contributed by atoms with Crippen molar-refractivity contribution in [3.8, 4) is 22.6 Å². The van der Waals surface area contributed by atoms with E-state index < -0.39 is 81.0 Å². The largest absolute Gasteiger partial charge is 0.455 e. The average Bonchev–Trinajstić information content (AvgIpc) is 3.95. The van der Waals surface area contributed by atoms with Crippen LogP contribution in [-0.2, 0) is 14.8 Å². The molecule has 354 valence electrons. The van der Waals surface area contributed by atoms with E-state index >= 15 is 0 Å². The van der Waals surface area contributed by atoms with Gasteiger partial charge < -0.3 is 24.7 Å². The second-order valence-corrected chi connectivity index (χ2v) is 20.1. The van der Waals surface area contributed by atoms with Gasteiger partial charge in [-0.1, -0.05) is 73.0 Å². The topological polar surface area (TPSA) is 172 Å². The summed E-state index contributed by atoms with van der Waals surface area (Å²) in [6.07, 6.45) is 5.73. The highest BCUT2D eigenvalue weighted by Crippen LogP contribution is 2.46. The quantitative estimate of drug-likeness (QED) is 0.0700. The molecule has 0 unspecified atom stereocenters. The number of amides is 1. The molecule has 2 saturated heterocycles. The first-order valence-corrected chi connectivity index (χ1v) is 24.2. The van der Waals surface area contributed by atoms with E-state index in [1.807, 2.05) is 35.1 Å². The Labute approximate surface area is 417 Å². The highest BCUT2D eigenvalue weighted by molar-refractivity contribution is 7.90. The Kier molecular flexibility index (Phi) is 11.1. The second-order valence-electron chi connectivity index (χ2n) is 17.6. The highest BCUT2D eigenvalue weighted by atomic mass is 35.5. The molecule has 0 bridgehead atoms. The average molecular weight is 987 g/mol. The third-order valence-corrected chi connectivity index (χ3v) is 14.3. The van der Waals surface area contributed by atoms with Gasteiger partial charge in [-0.2, -0.15) is 0 Å². The van der Waals surface area contributed by atoms with E-state index in [2.05, 4.69) is 29.1 Å². The lowest BCUT2D eigenvalue weighted by Gasteiger charge is -2.39. The molecule has 14 nitrogen and oxygen atoms in total. The molecular formula is C51H53Cl2N7O7S. The van der Waals surface area contributed by atoms with Crippen LogP contribution in [0.5, 0.6) is 11.5 Å². The fraction of sp³-hybridized carbons (Fsp3) is 0.333. The number of carbonyl (C=O) groups is 1. The highest BCUT2D eigenvalue weighted by Gasteiger charge is 2.32. The number of rotatable bonds is 14. The molecule has 6 aromatic rings. The van der Waals surface area contributed by atoms with Gasteiger partial charge in [0.25, 0.3) is 21.6 Å². The summed E-state index contributed by atoms with van der Waals surface area (Å²) in [5, 5.41) is 16.7. The monoisotopic (exact) mass is 985 g/mol. The first-order valence-electron chi connectivity index (χ1n) is 26.0. The van der Waals surface area contributed by atoms with Gasteiger partial charge in [0.15, 0.2) is 0 Å². The number of carbonyl (C=O) groups excluding carboxylic acids is 1. The number of pyridine rings is 1. The Morgan fingerprint density at radius 2 is 1.76 bits per heavy atom.